The fourth-order valence-electron chi connectivity index (χ4n) is 2.65. The fraction of sp³-hybridized carbons (Fsp3) is 0.353. The monoisotopic (exact) mass is 347 g/mol. The van der Waals surface area contributed by atoms with E-state index in [9.17, 15) is 13.6 Å². The Balaban J connectivity index is 1.74. The minimum Gasteiger partial charge on any atom is -0.370 e. The van der Waals surface area contributed by atoms with Crippen molar-refractivity contribution in [2.24, 2.45) is 0 Å². The Labute approximate surface area is 144 Å². The molecule has 1 saturated heterocycles. The van der Waals surface area contributed by atoms with Gasteiger partial charge in [0, 0.05) is 24.8 Å². The van der Waals surface area contributed by atoms with Gasteiger partial charge in [-0.2, -0.15) is 4.98 Å². The number of rotatable bonds is 5. The van der Waals surface area contributed by atoms with Crippen LogP contribution in [0.1, 0.15) is 23.7 Å². The molecular formula is C17H19F2N5O. The normalized spacial score (nSPS) is 16.8. The van der Waals surface area contributed by atoms with Crippen molar-refractivity contribution in [2.75, 3.05) is 30.3 Å². The van der Waals surface area contributed by atoms with Gasteiger partial charge in [-0.15, -0.1) is 0 Å². The first-order valence-electron chi connectivity index (χ1n) is 8.13. The number of carbonyl (C=O) groups is 1. The maximum atomic E-state index is 14.3. The number of hydrogen-bond acceptors (Lipinski definition) is 5. The summed E-state index contributed by atoms with van der Waals surface area (Å²) in [7, 11) is 0. The van der Waals surface area contributed by atoms with Crippen LogP contribution in [-0.2, 0) is 0 Å². The molecule has 25 heavy (non-hydrogen) atoms. The number of likely N-dealkylation sites (tertiary alicyclic amines) is 1. The van der Waals surface area contributed by atoms with Crippen LogP contribution in [-0.4, -0.2) is 46.6 Å². The van der Waals surface area contributed by atoms with Gasteiger partial charge in [0.2, 0.25) is 5.95 Å². The van der Waals surface area contributed by atoms with Crippen LogP contribution in [0, 0.1) is 5.82 Å². The summed E-state index contributed by atoms with van der Waals surface area (Å²) >= 11 is 0. The van der Waals surface area contributed by atoms with Gasteiger partial charge in [-0.1, -0.05) is 0 Å². The van der Waals surface area contributed by atoms with Crippen molar-refractivity contribution in [3.8, 4) is 0 Å². The van der Waals surface area contributed by atoms with Crippen molar-refractivity contribution >= 4 is 23.4 Å². The van der Waals surface area contributed by atoms with E-state index in [1.807, 2.05) is 6.92 Å². The second-order valence-corrected chi connectivity index (χ2v) is 5.75. The van der Waals surface area contributed by atoms with E-state index < -0.39 is 12.0 Å². The second-order valence-electron chi connectivity index (χ2n) is 5.75. The topological polar surface area (TPSA) is 70.2 Å². The molecule has 1 aromatic heterocycles. The van der Waals surface area contributed by atoms with Crippen molar-refractivity contribution in [1.29, 1.82) is 0 Å². The van der Waals surface area contributed by atoms with Gasteiger partial charge < -0.3 is 15.5 Å². The molecule has 1 amide bonds. The molecule has 0 saturated carbocycles. The van der Waals surface area contributed by atoms with Crippen molar-refractivity contribution < 1.29 is 13.6 Å². The van der Waals surface area contributed by atoms with E-state index in [1.165, 1.54) is 17.0 Å². The Bertz CT molecular complexity index is 770. The number of nitrogens with one attached hydrogen (secondary N) is 2. The van der Waals surface area contributed by atoms with Crippen LogP contribution in [0.25, 0.3) is 0 Å². The number of halogens is 2. The molecule has 132 valence electrons. The quantitative estimate of drug-likeness (QED) is 0.870. The van der Waals surface area contributed by atoms with Crippen LogP contribution in [0.15, 0.2) is 30.5 Å². The van der Waals surface area contributed by atoms with E-state index >= 15 is 0 Å². The predicted molar refractivity (Wildman–Crippen MR) is 91.3 cm³/mol. The summed E-state index contributed by atoms with van der Waals surface area (Å²) in [6, 6.07) is 5.81. The third-order valence-corrected chi connectivity index (χ3v) is 3.89. The Morgan fingerprint density at radius 2 is 2.24 bits per heavy atom. The maximum Gasteiger partial charge on any atom is 0.254 e. The summed E-state index contributed by atoms with van der Waals surface area (Å²) in [5.41, 5.74) is 0.356. The molecule has 2 aromatic rings. The van der Waals surface area contributed by atoms with Gasteiger partial charge in [-0.3, -0.25) is 4.79 Å². The van der Waals surface area contributed by atoms with Crippen LogP contribution in [0.4, 0.5) is 26.2 Å². The molecule has 0 spiro atoms. The first-order chi connectivity index (χ1) is 12.1. The first kappa shape index (κ1) is 17.1. The van der Waals surface area contributed by atoms with Crippen LogP contribution >= 0.6 is 0 Å². The fourth-order valence-corrected chi connectivity index (χ4v) is 2.65. The molecule has 3 rings (SSSR count). The second kappa shape index (κ2) is 7.42. The van der Waals surface area contributed by atoms with Crippen molar-refractivity contribution in [3.63, 3.8) is 0 Å². The van der Waals surface area contributed by atoms with Gasteiger partial charge in [0.1, 0.15) is 17.8 Å². The molecule has 1 fully saturated rings. The maximum absolute atomic E-state index is 14.3. The summed E-state index contributed by atoms with van der Waals surface area (Å²) in [5, 5.41) is 5.83. The lowest BCUT2D eigenvalue weighted by atomic mass is 10.1. The minimum atomic E-state index is -1.00. The zero-order valence-corrected chi connectivity index (χ0v) is 13.8. The van der Waals surface area contributed by atoms with E-state index in [0.29, 0.717) is 25.3 Å². The Morgan fingerprint density at radius 1 is 1.40 bits per heavy atom. The van der Waals surface area contributed by atoms with Gasteiger partial charge >= 0.3 is 0 Å². The average Bonchev–Trinajstić information content (AvgIpc) is 3.03. The van der Waals surface area contributed by atoms with E-state index in [2.05, 4.69) is 20.6 Å². The number of alkyl halides is 1. The van der Waals surface area contributed by atoms with Gasteiger partial charge in [-0.05, 0) is 37.6 Å². The lowest BCUT2D eigenvalue weighted by Gasteiger charge is -2.16. The summed E-state index contributed by atoms with van der Waals surface area (Å²) in [5.74, 6) is -0.0893. The summed E-state index contributed by atoms with van der Waals surface area (Å²) < 4.78 is 27.6. The molecule has 8 heteroatoms. The van der Waals surface area contributed by atoms with Gasteiger partial charge in [0.15, 0.2) is 0 Å². The number of hydrogen-bond donors (Lipinski definition) is 2. The molecule has 0 aliphatic carbocycles. The highest BCUT2D eigenvalue weighted by molar-refractivity contribution is 5.94. The number of anilines is 3. The van der Waals surface area contributed by atoms with Crippen LogP contribution < -0.4 is 10.6 Å². The number of amides is 1. The molecule has 1 atom stereocenters. The first-order valence-corrected chi connectivity index (χ1v) is 8.13. The van der Waals surface area contributed by atoms with E-state index in [0.717, 1.165) is 6.07 Å². The predicted octanol–water partition coefficient (Wildman–Crippen LogP) is 2.98. The van der Waals surface area contributed by atoms with Crippen LogP contribution in [0.5, 0.6) is 0 Å². The molecule has 0 radical (unpaired) electrons. The van der Waals surface area contributed by atoms with Crippen molar-refractivity contribution in [2.45, 2.75) is 19.5 Å². The van der Waals surface area contributed by atoms with Gasteiger partial charge in [0.05, 0.1) is 12.2 Å². The third-order valence-electron chi connectivity index (χ3n) is 3.89. The lowest BCUT2D eigenvalue weighted by Crippen LogP contribution is -2.29. The number of benzene rings is 1. The molecule has 2 N–H and O–H groups in total. The van der Waals surface area contributed by atoms with Gasteiger partial charge in [-0.25, -0.2) is 13.8 Å². The highest BCUT2D eigenvalue weighted by Crippen LogP contribution is 2.22. The smallest absolute Gasteiger partial charge is 0.254 e. The molecular weight excluding hydrogens is 328 g/mol. The number of aromatic nitrogens is 2. The molecule has 6 nitrogen and oxygen atoms in total. The van der Waals surface area contributed by atoms with E-state index in [1.54, 1.807) is 12.3 Å². The molecule has 1 aliphatic rings. The van der Waals surface area contributed by atoms with Crippen LogP contribution in [0.2, 0.25) is 0 Å². The Kier molecular flexibility index (Phi) is 5.06. The summed E-state index contributed by atoms with van der Waals surface area (Å²) in [6.45, 7) is 3.06. The zero-order chi connectivity index (χ0) is 17.8. The minimum absolute atomic E-state index is 0.0610. The molecule has 1 aliphatic heterocycles. The number of nitrogens with zero attached hydrogens (tertiary/aromatic N) is 3. The van der Waals surface area contributed by atoms with E-state index in [-0.39, 0.29) is 29.7 Å². The highest BCUT2D eigenvalue weighted by atomic mass is 19.1. The molecule has 0 unspecified atom stereocenters. The van der Waals surface area contributed by atoms with Crippen molar-refractivity contribution in [1.82, 2.24) is 14.9 Å². The average molecular weight is 347 g/mol. The standard InChI is InChI=1S/C17H19F2N5O/c1-2-20-15-5-7-21-17(23-15)22-14-4-3-11(9-13(14)19)16(25)24-8-6-12(18)10-24/h3-5,7,9,12H,2,6,8,10H2,1H3,(H2,20,21,22,23)/t12-/m0/s1. The molecule has 0 bridgehead atoms. The van der Waals surface area contributed by atoms with Crippen molar-refractivity contribution in [3.05, 3.63) is 41.8 Å². The van der Waals surface area contributed by atoms with E-state index in [4.69, 9.17) is 0 Å². The largest absolute Gasteiger partial charge is 0.370 e. The zero-order valence-electron chi connectivity index (χ0n) is 13.8. The summed E-state index contributed by atoms with van der Waals surface area (Å²) in [6.07, 6.45) is 0.882. The highest BCUT2D eigenvalue weighted by Gasteiger charge is 2.27. The molecule has 1 aromatic carbocycles. The third kappa shape index (κ3) is 4.01. The Morgan fingerprint density at radius 3 is 2.92 bits per heavy atom. The SMILES string of the molecule is CCNc1ccnc(Nc2ccc(C(=O)N3CC[C@H](F)C3)cc2F)n1. The summed E-state index contributed by atoms with van der Waals surface area (Å²) in [4.78, 5) is 21.9. The van der Waals surface area contributed by atoms with Crippen LogP contribution in [0.3, 0.4) is 0 Å². The Hall–Kier alpha value is -2.77. The lowest BCUT2D eigenvalue weighted by molar-refractivity contribution is 0.0782. The van der Waals surface area contributed by atoms with Gasteiger partial charge in [0.25, 0.3) is 5.91 Å². The molecule has 2 heterocycles. The number of carbonyl (C=O) groups excluding carboxylic acids is 1.